The molecule has 0 aromatic carbocycles. The zero-order chi connectivity index (χ0) is 14.6. The van der Waals surface area contributed by atoms with Gasteiger partial charge in [-0.3, -0.25) is 4.79 Å². The molecule has 0 radical (unpaired) electrons. The normalized spacial score (nSPS) is 18.2. The molecule has 1 atom stereocenters. The Hall–Kier alpha value is -0.0700. The quantitative estimate of drug-likeness (QED) is 0.584. The van der Waals surface area contributed by atoms with Gasteiger partial charge in [-0.25, -0.2) is 0 Å². The Bertz CT molecular complexity index is 271. The molecule has 0 bridgehead atoms. The number of nitrogens with one attached hydrogen (secondary N) is 2. The van der Waals surface area contributed by atoms with Crippen LogP contribution in [0.1, 0.15) is 32.6 Å². The Kier molecular flexibility index (Phi) is 17.4. The molecule has 0 spiro atoms. The van der Waals surface area contributed by atoms with Crippen molar-refractivity contribution in [1.82, 2.24) is 15.5 Å². The van der Waals surface area contributed by atoms with Gasteiger partial charge >= 0.3 is 0 Å². The van der Waals surface area contributed by atoms with E-state index in [0.29, 0.717) is 13.2 Å². The SMILES string of the molecule is COCCNCC(=O)NCCCCN1CCCC(C)C1.Cl.Cl. The van der Waals surface area contributed by atoms with Crippen LogP contribution in [-0.4, -0.2) is 63.8 Å². The molecule has 1 unspecified atom stereocenters. The summed E-state index contributed by atoms with van der Waals surface area (Å²) in [4.78, 5) is 14.0. The molecule has 1 amide bonds. The van der Waals surface area contributed by atoms with Crippen LogP contribution >= 0.6 is 24.8 Å². The second-order valence-corrected chi connectivity index (χ2v) is 5.77. The highest BCUT2D eigenvalue weighted by Gasteiger charge is 2.15. The van der Waals surface area contributed by atoms with Crippen molar-refractivity contribution in [2.45, 2.75) is 32.6 Å². The number of halogens is 2. The highest BCUT2D eigenvalue weighted by atomic mass is 35.5. The van der Waals surface area contributed by atoms with Gasteiger partial charge in [-0.15, -0.1) is 24.8 Å². The summed E-state index contributed by atoms with van der Waals surface area (Å²) in [5.74, 6) is 0.925. The first kappa shape index (κ1) is 24.2. The number of likely N-dealkylation sites (tertiary alicyclic amines) is 1. The largest absolute Gasteiger partial charge is 0.383 e. The molecule has 1 aliphatic rings. The highest BCUT2D eigenvalue weighted by molar-refractivity contribution is 5.85. The fourth-order valence-electron chi connectivity index (χ4n) is 2.62. The van der Waals surface area contributed by atoms with Crippen LogP contribution in [0.2, 0.25) is 0 Å². The fraction of sp³-hybridized carbons (Fsp3) is 0.933. The lowest BCUT2D eigenvalue weighted by Gasteiger charge is -2.30. The van der Waals surface area contributed by atoms with Crippen LogP contribution in [0.25, 0.3) is 0 Å². The van der Waals surface area contributed by atoms with Crippen molar-refractivity contribution in [2.75, 3.05) is 53.0 Å². The van der Waals surface area contributed by atoms with Gasteiger partial charge in [0.15, 0.2) is 0 Å². The third-order valence-corrected chi connectivity index (χ3v) is 3.73. The lowest BCUT2D eigenvalue weighted by atomic mass is 10.0. The number of amides is 1. The second-order valence-electron chi connectivity index (χ2n) is 5.77. The molecule has 0 aromatic rings. The summed E-state index contributed by atoms with van der Waals surface area (Å²) in [6, 6.07) is 0. The summed E-state index contributed by atoms with van der Waals surface area (Å²) in [7, 11) is 1.66. The molecular formula is C15H33Cl2N3O2. The summed E-state index contributed by atoms with van der Waals surface area (Å²) >= 11 is 0. The van der Waals surface area contributed by atoms with Crippen LogP contribution in [0.4, 0.5) is 0 Å². The molecule has 0 saturated carbocycles. The molecule has 1 rings (SSSR count). The van der Waals surface area contributed by atoms with E-state index in [9.17, 15) is 4.79 Å². The van der Waals surface area contributed by atoms with Crippen LogP contribution in [-0.2, 0) is 9.53 Å². The van der Waals surface area contributed by atoms with Gasteiger partial charge in [0.05, 0.1) is 13.2 Å². The van der Waals surface area contributed by atoms with Crippen LogP contribution in [0, 0.1) is 5.92 Å². The Morgan fingerprint density at radius 1 is 1.27 bits per heavy atom. The third kappa shape index (κ3) is 12.5. The minimum absolute atomic E-state index is 0. The maximum atomic E-state index is 11.5. The van der Waals surface area contributed by atoms with Crippen molar-refractivity contribution in [3.05, 3.63) is 0 Å². The maximum absolute atomic E-state index is 11.5. The molecule has 1 fully saturated rings. The van der Waals surface area contributed by atoms with Gasteiger partial charge in [-0.1, -0.05) is 6.92 Å². The van der Waals surface area contributed by atoms with Crippen LogP contribution < -0.4 is 10.6 Å². The Balaban J connectivity index is 0. The van der Waals surface area contributed by atoms with E-state index in [-0.39, 0.29) is 30.7 Å². The van der Waals surface area contributed by atoms with Crippen molar-refractivity contribution >= 4 is 30.7 Å². The Morgan fingerprint density at radius 2 is 2.05 bits per heavy atom. The van der Waals surface area contributed by atoms with Crippen molar-refractivity contribution in [3.63, 3.8) is 0 Å². The third-order valence-electron chi connectivity index (χ3n) is 3.73. The lowest BCUT2D eigenvalue weighted by Crippen LogP contribution is -2.37. The highest BCUT2D eigenvalue weighted by Crippen LogP contribution is 2.15. The number of piperidine rings is 1. The molecular weight excluding hydrogens is 325 g/mol. The summed E-state index contributed by atoms with van der Waals surface area (Å²) in [5, 5.41) is 5.98. The summed E-state index contributed by atoms with van der Waals surface area (Å²) in [6.07, 6.45) is 4.95. The topological polar surface area (TPSA) is 53.6 Å². The number of ether oxygens (including phenoxy) is 1. The number of rotatable bonds is 10. The summed E-state index contributed by atoms with van der Waals surface area (Å²) < 4.78 is 4.90. The first-order valence-electron chi connectivity index (χ1n) is 7.91. The zero-order valence-electron chi connectivity index (χ0n) is 13.9. The summed E-state index contributed by atoms with van der Waals surface area (Å²) in [5.41, 5.74) is 0. The van der Waals surface area contributed by atoms with Crippen molar-refractivity contribution < 1.29 is 9.53 Å². The van der Waals surface area contributed by atoms with E-state index in [2.05, 4.69) is 22.5 Å². The molecule has 0 aromatic heterocycles. The average Bonchev–Trinajstić information content (AvgIpc) is 2.43. The molecule has 0 aliphatic carbocycles. The number of carbonyl (C=O) groups excluding carboxylic acids is 1. The predicted octanol–water partition coefficient (Wildman–Crippen LogP) is 1.69. The maximum Gasteiger partial charge on any atom is 0.233 e. The van der Waals surface area contributed by atoms with Gasteiger partial charge in [-0.2, -0.15) is 0 Å². The van der Waals surface area contributed by atoms with E-state index < -0.39 is 0 Å². The molecule has 7 heteroatoms. The van der Waals surface area contributed by atoms with Crippen molar-refractivity contribution in [3.8, 4) is 0 Å². The second kappa shape index (κ2) is 15.8. The first-order valence-corrected chi connectivity index (χ1v) is 7.91. The molecule has 1 saturated heterocycles. The molecule has 5 nitrogen and oxygen atoms in total. The Labute approximate surface area is 147 Å². The number of unbranched alkanes of at least 4 members (excludes halogenated alkanes) is 1. The number of hydrogen-bond donors (Lipinski definition) is 2. The number of carbonyl (C=O) groups is 1. The standard InChI is InChI=1S/C15H31N3O2.2ClH/c1-14-6-5-10-18(13-14)9-4-3-7-17-15(19)12-16-8-11-20-2;;/h14,16H,3-13H2,1-2H3,(H,17,19);2*1H. The van der Waals surface area contributed by atoms with E-state index in [0.717, 1.165) is 25.4 Å². The monoisotopic (exact) mass is 357 g/mol. The average molecular weight is 358 g/mol. The van der Waals surface area contributed by atoms with E-state index in [1.807, 2.05) is 0 Å². The number of nitrogens with zero attached hydrogens (tertiary/aromatic N) is 1. The van der Waals surface area contributed by atoms with E-state index >= 15 is 0 Å². The molecule has 22 heavy (non-hydrogen) atoms. The zero-order valence-corrected chi connectivity index (χ0v) is 15.6. The van der Waals surface area contributed by atoms with Crippen LogP contribution in [0.15, 0.2) is 0 Å². The molecule has 1 heterocycles. The van der Waals surface area contributed by atoms with Gasteiger partial charge in [0.1, 0.15) is 0 Å². The molecule has 134 valence electrons. The van der Waals surface area contributed by atoms with Gasteiger partial charge < -0.3 is 20.3 Å². The smallest absolute Gasteiger partial charge is 0.233 e. The molecule has 1 aliphatic heterocycles. The van der Waals surface area contributed by atoms with Crippen molar-refractivity contribution in [1.29, 1.82) is 0 Å². The van der Waals surface area contributed by atoms with E-state index in [4.69, 9.17) is 4.74 Å². The number of methoxy groups -OCH3 is 1. The minimum Gasteiger partial charge on any atom is -0.383 e. The van der Waals surface area contributed by atoms with E-state index in [1.54, 1.807) is 7.11 Å². The van der Waals surface area contributed by atoms with Gasteiger partial charge in [0.25, 0.3) is 0 Å². The molecule has 2 N–H and O–H groups in total. The minimum atomic E-state index is 0. The van der Waals surface area contributed by atoms with Crippen molar-refractivity contribution in [2.24, 2.45) is 5.92 Å². The van der Waals surface area contributed by atoms with Gasteiger partial charge in [-0.05, 0) is 44.7 Å². The Morgan fingerprint density at radius 3 is 2.73 bits per heavy atom. The lowest BCUT2D eigenvalue weighted by molar-refractivity contribution is -0.120. The number of hydrogen-bond acceptors (Lipinski definition) is 4. The predicted molar refractivity (Wildman–Crippen MR) is 96.3 cm³/mol. The fourth-order valence-corrected chi connectivity index (χ4v) is 2.62. The van der Waals surface area contributed by atoms with E-state index in [1.165, 1.54) is 38.9 Å². The van der Waals surface area contributed by atoms with Gasteiger partial charge in [0.2, 0.25) is 5.91 Å². The summed E-state index contributed by atoms with van der Waals surface area (Å²) in [6.45, 7) is 8.53. The van der Waals surface area contributed by atoms with Crippen LogP contribution in [0.5, 0.6) is 0 Å². The first-order chi connectivity index (χ1) is 9.72. The van der Waals surface area contributed by atoms with Crippen LogP contribution in [0.3, 0.4) is 0 Å². The van der Waals surface area contributed by atoms with Gasteiger partial charge in [0, 0.05) is 26.7 Å².